The number of methoxy groups -OCH3 is 2. The molecule has 0 saturated carbocycles. The maximum absolute atomic E-state index is 5.41. The van der Waals surface area contributed by atoms with Crippen LogP contribution < -0.4 is 14.4 Å². The summed E-state index contributed by atoms with van der Waals surface area (Å²) in [6, 6.07) is 7.70. The minimum absolute atomic E-state index is 0.774. The molecule has 2 rings (SSSR count). The molecule has 0 fully saturated rings. The third kappa shape index (κ3) is 2.88. The second kappa shape index (κ2) is 6.13. The normalized spacial score (nSPS) is 10.2. The van der Waals surface area contributed by atoms with Crippen molar-refractivity contribution in [3.05, 3.63) is 40.5 Å². The van der Waals surface area contributed by atoms with Gasteiger partial charge >= 0.3 is 0 Å². The third-order valence-electron chi connectivity index (χ3n) is 3.12. The van der Waals surface area contributed by atoms with Crippen molar-refractivity contribution in [1.82, 2.24) is 4.98 Å². The number of hydrogen-bond donors (Lipinski definition) is 0. The number of halogens is 1. The topological polar surface area (TPSA) is 34.6 Å². The van der Waals surface area contributed by atoms with Gasteiger partial charge in [0.05, 0.1) is 19.9 Å². The van der Waals surface area contributed by atoms with E-state index in [9.17, 15) is 0 Å². The van der Waals surface area contributed by atoms with E-state index >= 15 is 0 Å². The van der Waals surface area contributed by atoms with Gasteiger partial charge < -0.3 is 14.4 Å². The number of pyridine rings is 1. The first-order chi connectivity index (χ1) is 9.56. The Kier molecular flexibility index (Phi) is 4.49. The largest absolute Gasteiger partial charge is 0.497 e. The lowest BCUT2D eigenvalue weighted by Crippen LogP contribution is -2.12. The van der Waals surface area contributed by atoms with Crippen LogP contribution in [0.4, 0.5) is 11.5 Å². The molecule has 0 atom stereocenters. The van der Waals surface area contributed by atoms with E-state index < -0.39 is 0 Å². The molecule has 1 aromatic heterocycles. The van der Waals surface area contributed by atoms with Crippen LogP contribution in [0.3, 0.4) is 0 Å². The van der Waals surface area contributed by atoms with Crippen LogP contribution in [0, 0.1) is 6.92 Å². The highest BCUT2D eigenvalue weighted by atomic mass is 79.9. The Labute approximate surface area is 127 Å². The van der Waals surface area contributed by atoms with E-state index in [-0.39, 0.29) is 0 Å². The standard InChI is InChI=1S/C15H17BrN2O2/c1-10-7-15(17-9-12(10)16)18(2)13-8-11(19-3)5-6-14(13)20-4/h5-9H,1-4H3. The summed E-state index contributed by atoms with van der Waals surface area (Å²) >= 11 is 3.46. The summed E-state index contributed by atoms with van der Waals surface area (Å²) in [6.45, 7) is 2.03. The third-order valence-corrected chi connectivity index (χ3v) is 3.95. The van der Waals surface area contributed by atoms with Gasteiger partial charge in [-0.15, -0.1) is 0 Å². The zero-order chi connectivity index (χ0) is 14.7. The zero-order valence-electron chi connectivity index (χ0n) is 12.0. The van der Waals surface area contributed by atoms with Gasteiger partial charge in [-0.05, 0) is 46.6 Å². The van der Waals surface area contributed by atoms with Crippen molar-refractivity contribution >= 4 is 27.4 Å². The number of benzene rings is 1. The second-order valence-corrected chi connectivity index (χ2v) is 5.24. The van der Waals surface area contributed by atoms with Crippen LogP contribution in [0.2, 0.25) is 0 Å². The van der Waals surface area contributed by atoms with E-state index in [1.807, 2.05) is 43.1 Å². The van der Waals surface area contributed by atoms with Gasteiger partial charge in [-0.2, -0.15) is 0 Å². The lowest BCUT2D eigenvalue weighted by atomic mass is 10.2. The highest BCUT2D eigenvalue weighted by molar-refractivity contribution is 9.10. The van der Waals surface area contributed by atoms with Crippen molar-refractivity contribution in [1.29, 1.82) is 0 Å². The van der Waals surface area contributed by atoms with Gasteiger partial charge in [0.1, 0.15) is 17.3 Å². The van der Waals surface area contributed by atoms with Crippen LogP contribution >= 0.6 is 15.9 Å². The van der Waals surface area contributed by atoms with Gasteiger partial charge in [0, 0.05) is 23.8 Å². The van der Waals surface area contributed by atoms with E-state index in [4.69, 9.17) is 9.47 Å². The Bertz CT molecular complexity index is 617. The molecule has 4 nitrogen and oxygen atoms in total. The number of ether oxygens (including phenoxy) is 2. The molecule has 1 aromatic carbocycles. The van der Waals surface area contributed by atoms with E-state index in [2.05, 4.69) is 20.9 Å². The molecule has 0 saturated heterocycles. The first-order valence-electron chi connectivity index (χ1n) is 6.14. The molecule has 0 N–H and O–H groups in total. The van der Waals surface area contributed by atoms with Gasteiger partial charge in [-0.25, -0.2) is 4.98 Å². The van der Waals surface area contributed by atoms with Gasteiger partial charge in [-0.3, -0.25) is 0 Å². The maximum Gasteiger partial charge on any atom is 0.142 e. The Morgan fingerprint density at radius 3 is 2.50 bits per heavy atom. The summed E-state index contributed by atoms with van der Waals surface area (Å²) in [7, 11) is 5.25. The predicted molar refractivity (Wildman–Crippen MR) is 84.3 cm³/mol. The molecule has 2 aromatic rings. The molecule has 0 unspecified atom stereocenters. The fourth-order valence-corrected chi connectivity index (χ4v) is 2.11. The average Bonchev–Trinajstić information content (AvgIpc) is 2.48. The van der Waals surface area contributed by atoms with Crippen molar-refractivity contribution in [2.75, 3.05) is 26.2 Å². The average molecular weight is 337 g/mol. The summed E-state index contributed by atoms with van der Waals surface area (Å²) < 4.78 is 11.7. The number of aryl methyl sites for hydroxylation is 1. The number of nitrogens with zero attached hydrogens (tertiary/aromatic N) is 2. The van der Waals surface area contributed by atoms with Crippen LogP contribution in [0.15, 0.2) is 34.9 Å². The summed E-state index contributed by atoms with van der Waals surface area (Å²) in [6.07, 6.45) is 1.80. The first-order valence-corrected chi connectivity index (χ1v) is 6.94. The zero-order valence-corrected chi connectivity index (χ0v) is 13.6. The number of anilines is 2. The van der Waals surface area contributed by atoms with Crippen LogP contribution in [0.5, 0.6) is 11.5 Å². The molecule has 106 valence electrons. The highest BCUT2D eigenvalue weighted by Crippen LogP contribution is 2.35. The molecule has 0 aliphatic rings. The maximum atomic E-state index is 5.41. The van der Waals surface area contributed by atoms with Crippen LogP contribution in [-0.2, 0) is 0 Å². The molecule has 0 spiro atoms. The minimum Gasteiger partial charge on any atom is -0.497 e. The molecular formula is C15H17BrN2O2. The molecule has 1 heterocycles. The summed E-state index contributed by atoms with van der Waals surface area (Å²) in [5.74, 6) is 2.40. The quantitative estimate of drug-likeness (QED) is 0.846. The summed E-state index contributed by atoms with van der Waals surface area (Å²) in [5, 5.41) is 0. The molecule has 0 amide bonds. The Balaban J connectivity index is 2.45. The fraction of sp³-hybridized carbons (Fsp3) is 0.267. The minimum atomic E-state index is 0.774. The van der Waals surface area contributed by atoms with Crippen LogP contribution in [0.25, 0.3) is 0 Å². The van der Waals surface area contributed by atoms with Crippen molar-refractivity contribution in [2.45, 2.75) is 6.92 Å². The van der Waals surface area contributed by atoms with Gasteiger partial charge in [0.2, 0.25) is 0 Å². The molecular weight excluding hydrogens is 320 g/mol. The smallest absolute Gasteiger partial charge is 0.142 e. The van der Waals surface area contributed by atoms with Gasteiger partial charge in [0.15, 0.2) is 0 Å². The number of hydrogen-bond acceptors (Lipinski definition) is 4. The monoisotopic (exact) mass is 336 g/mol. The SMILES string of the molecule is COc1ccc(OC)c(N(C)c2cc(C)c(Br)cn2)c1. The van der Waals surface area contributed by atoms with Crippen molar-refractivity contribution in [3.63, 3.8) is 0 Å². The van der Waals surface area contributed by atoms with Gasteiger partial charge in [-0.1, -0.05) is 0 Å². The fourth-order valence-electron chi connectivity index (χ4n) is 1.89. The van der Waals surface area contributed by atoms with Crippen molar-refractivity contribution in [2.24, 2.45) is 0 Å². The summed E-state index contributed by atoms with van der Waals surface area (Å²) in [5.41, 5.74) is 2.03. The Hall–Kier alpha value is -1.75. The lowest BCUT2D eigenvalue weighted by Gasteiger charge is -2.22. The Morgan fingerprint density at radius 1 is 1.15 bits per heavy atom. The van der Waals surface area contributed by atoms with E-state index in [1.54, 1.807) is 20.4 Å². The lowest BCUT2D eigenvalue weighted by molar-refractivity contribution is 0.404. The molecule has 0 radical (unpaired) electrons. The second-order valence-electron chi connectivity index (χ2n) is 4.39. The summed E-state index contributed by atoms with van der Waals surface area (Å²) in [4.78, 5) is 6.40. The molecule has 0 bridgehead atoms. The molecule has 0 aliphatic heterocycles. The molecule has 5 heteroatoms. The van der Waals surface area contributed by atoms with E-state index in [0.29, 0.717) is 0 Å². The number of rotatable bonds is 4. The van der Waals surface area contributed by atoms with E-state index in [0.717, 1.165) is 33.0 Å². The van der Waals surface area contributed by atoms with E-state index in [1.165, 1.54) is 0 Å². The Morgan fingerprint density at radius 2 is 1.90 bits per heavy atom. The first kappa shape index (κ1) is 14.7. The van der Waals surface area contributed by atoms with Crippen LogP contribution in [0.1, 0.15) is 5.56 Å². The van der Waals surface area contributed by atoms with Crippen molar-refractivity contribution in [3.8, 4) is 11.5 Å². The predicted octanol–water partition coefficient (Wildman–Crippen LogP) is 3.94. The van der Waals surface area contributed by atoms with Crippen molar-refractivity contribution < 1.29 is 9.47 Å². The van der Waals surface area contributed by atoms with Gasteiger partial charge in [0.25, 0.3) is 0 Å². The molecule has 0 aliphatic carbocycles. The highest BCUT2D eigenvalue weighted by Gasteiger charge is 2.13. The number of aromatic nitrogens is 1. The van der Waals surface area contributed by atoms with Crippen LogP contribution in [-0.4, -0.2) is 26.3 Å². The molecule has 20 heavy (non-hydrogen) atoms.